The summed E-state index contributed by atoms with van der Waals surface area (Å²) in [6.07, 6.45) is 2.36. The lowest BCUT2D eigenvalue weighted by Gasteiger charge is -2.06. The molecule has 136 valence electrons. The second-order valence-corrected chi connectivity index (χ2v) is 5.60. The van der Waals surface area contributed by atoms with Crippen LogP contribution in [0.5, 0.6) is 5.75 Å². The van der Waals surface area contributed by atoms with Gasteiger partial charge in [0.15, 0.2) is 6.61 Å². The van der Waals surface area contributed by atoms with E-state index in [0.717, 1.165) is 17.5 Å². The molecule has 0 fully saturated rings. The van der Waals surface area contributed by atoms with E-state index in [1.807, 2.05) is 38.1 Å². The van der Waals surface area contributed by atoms with Crippen LogP contribution >= 0.6 is 0 Å². The molecule has 0 unspecified atom stereocenters. The van der Waals surface area contributed by atoms with Crippen molar-refractivity contribution in [1.82, 2.24) is 5.43 Å². The Morgan fingerprint density at radius 3 is 2.54 bits per heavy atom. The van der Waals surface area contributed by atoms with Gasteiger partial charge in [-0.1, -0.05) is 31.2 Å². The fraction of sp³-hybridized carbons (Fsp3) is 0.250. The number of ether oxygens (including phenoxy) is 2. The zero-order valence-corrected chi connectivity index (χ0v) is 14.9. The number of nitrogens with zero attached hydrogens (tertiary/aromatic N) is 1. The van der Waals surface area contributed by atoms with Gasteiger partial charge in [0.2, 0.25) is 0 Å². The molecule has 6 nitrogen and oxygen atoms in total. The van der Waals surface area contributed by atoms with Gasteiger partial charge in [-0.2, -0.15) is 5.10 Å². The highest BCUT2D eigenvalue weighted by molar-refractivity contribution is 5.89. The van der Waals surface area contributed by atoms with Crippen LogP contribution in [0.1, 0.15) is 34.8 Å². The molecule has 0 aliphatic carbocycles. The Bertz CT molecular complexity index is 770. The van der Waals surface area contributed by atoms with Crippen molar-refractivity contribution in [3.8, 4) is 5.75 Å². The molecule has 0 spiro atoms. The Morgan fingerprint density at radius 1 is 1.12 bits per heavy atom. The van der Waals surface area contributed by atoms with Gasteiger partial charge in [-0.15, -0.1) is 0 Å². The maximum atomic E-state index is 11.8. The van der Waals surface area contributed by atoms with Crippen molar-refractivity contribution in [2.75, 3.05) is 13.2 Å². The molecule has 0 saturated heterocycles. The Balaban J connectivity index is 1.78. The van der Waals surface area contributed by atoms with Crippen LogP contribution in [0.25, 0.3) is 0 Å². The van der Waals surface area contributed by atoms with Crippen molar-refractivity contribution >= 4 is 18.1 Å². The van der Waals surface area contributed by atoms with Gasteiger partial charge in [-0.3, -0.25) is 4.79 Å². The third-order valence-corrected chi connectivity index (χ3v) is 3.48. The van der Waals surface area contributed by atoms with E-state index in [9.17, 15) is 9.59 Å². The highest BCUT2D eigenvalue weighted by Gasteiger charge is 2.07. The monoisotopic (exact) mass is 354 g/mol. The summed E-state index contributed by atoms with van der Waals surface area (Å²) in [5.74, 6) is -0.266. The molecule has 2 aromatic rings. The Labute approximate surface area is 152 Å². The number of amides is 1. The Hall–Kier alpha value is -3.15. The average Bonchev–Trinajstić information content (AvgIpc) is 2.66. The van der Waals surface area contributed by atoms with Gasteiger partial charge in [0.25, 0.3) is 5.91 Å². The molecule has 0 bridgehead atoms. The number of rotatable bonds is 8. The number of nitrogens with one attached hydrogen (secondary N) is 1. The average molecular weight is 354 g/mol. The largest absolute Gasteiger partial charge is 0.484 e. The molecule has 2 aromatic carbocycles. The van der Waals surface area contributed by atoms with E-state index in [1.54, 1.807) is 30.5 Å². The topological polar surface area (TPSA) is 77.0 Å². The van der Waals surface area contributed by atoms with Crippen LogP contribution in [0.4, 0.5) is 0 Å². The zero-order valence-electron chi connectivity index (χ0n) is 14.9. The van der Waals surface area contributed by atoms with Crippen molar-refractivity contribution in [3.05, 3.63) is 65.2 Å². The van der Waals surface area contributed by atoms with Gasteiger partial charge in [-0.25, -0.2) is 10.2 Å². The predicted octanol–water partition coefficient (Wildman–Crippen LogP) is 3.09. The molecule has 0 radical (unpaired) electrons. The minimum atomic E-state index is -0.374. The van der Waals surface area contributed by atoms with Crippen molar-refractivity contribution in [1.29, 1.82) is 0 Å². The lowest BCUT2D eigenvalue weighted by molar-refractivity contribution is -0.123. The maximum Gasteiger partial charge on any atom is 0.338 e. The summed E-state index contributed by atoms with van der Waals surface area (Å²) in [5.41, 5.74) is 4.85. The van der Waals surface area contributed by atoms with E-state index >= 15 is 0 Å². The summed E-state index contributed by atoms with van der Waals surface area (Å²) >= 11 is 0. The van der Waals surface area contributed by atoms with Gasteiger partial charge >= 0.3 is 5.97 Å². The zero-order chi connectivity index (χ0) is 18.8. The molecule has 6 heteroatoms. The lowest BCUT2D eigenvalue weighted by Crippen LogP contribution is -2.24. The molecule has 2 rings (SSSR count). The van der Waals surface area contributed by atoms with E-state index in [4.69, 9.17) is 9.47 Å². The van der Waals surface area contributed by atoms with Crippen molar-refractivity contribution in [2.24, 2.45) is 5.10 Å². The summed E-state index contributed by atoms with van der Waals surface area (Å²) in [6.45, 7) is 4.11. The van der Waals surface area contributed by atoms with Gasteiger partial charge in [0.1, 0.15) is 5.75 Å². The van der Waals surface area contributed by atoms with Crippen LogP contribution in [-0.2, 0) is 9.53 Å². The van der Waals surface area contributed by atoms with Crippen molar-refractivity contribution < 1.29 is 19.1 Å². The summed E-state index contributed by atoms with van der Waals surface area (Å²) in [4.78, 5) is 23.5. The first-order chi connectivity index (χ1) is 12.6. The maximum absolute atomic E-state index is 11.8. The lowest BCUT2D eigenvalue weighted by atomic mass is 10.1. The van der Waals surface area contributed by atoms with Gasteiger partial charge < -0.3 is 9.47 Å². The number of hydrazone groups is 1. The predicted molar refractivity (Wildman–Crippen MR) is 99.4 cm³/mol. The normalized spacial score (nSPS) is 10.5. The number of hydrogen-bond acceptors (Lipinski definition) is 5. The van der Waals surface area contributed by atoms with Gasteiger partial charge in [0.05, 0.1) is 18.4 Å². The molecule has 0 aliphatic rings. The smallest absolute Gasteiger partial charge is 0.338 e. The number of esters is 1. The highest BCUT2D eigenvalue weighted by atomic mass is 16.5. The Kier molecular flexibility index (Phi) is 7.36. The molecule has 0 aliphatic heterocycles. The number of hydrogen-bond donors (Lipinski definition) is 1. The summed E-state index contributed by atoms with van der Waals surface area (Å²) in [6, 6.07) is 14.2. The van der Waals surface area contributed by atoms with E-state index in [2.05, 4.69) is 10.5 Å². The first-order valence-corrected chi connectivity index (χ1v) is 8.37. The molecule has 0 aromatic heterocycles. The fourth-order valence-electron chi connectivity index (χ4n) is 2.05. The third kappa shape index (κ3) is 6.05. The first kappa shape index (κ1) is 19.2. The van der Waals surface area contributed by atoms with Crippen LogP contribution in [0, 0.1) is 6.92 Å². The minimum Gasteiger partial charge on any atom is -0.484 e. The molecule has 1 N–H and O–H groups in total. The molecule has 0 heterocycles. The molecular weight excluding hydrogens is 332 g/mol. The third-order valence-electron chi connectivity index (χ3n) is 3.48. The van der Waals surface area contributed by atoms with E-state index in [1.165, 1.54) is 0 Å². The van der Waals surface area contributed by atoms with Crippen LogP contribution in [0.2, 0.25) is 0 Å². The number of benzene rings is 2. The molecule has 1 amide bonds. The second kappa shape index (κ2) is 9.98. The quantitative estimate of drug-likeness (QED) is 0.449. The highest BCUT2D eigenvalue weighted by Crippen LogP contribution is 2.13. The first-order valence-electron chi connectivity index (χ1n) is 8.37. The SMILES string of the molecule is CCCOC(=O)c1ccc(OCC(=O)N/N=C/c2ccccc2C)cc1. The second-order valence-electron chi connectivity index (χ2n) is 5.60. The standard InChI is InChI=1S/C20H22N2O4/c1-3-12-25-20(24)16-8-10-18(11-9-16)26-14-19(23)22-21-13-17-7-5-4-6-15(17)2/h4-11,13H,3,12,14H2,1-2H3,(H,22,23)/b21-13+. The van der Waals surface area contributed by atoms with E-state index < -0.39 is 0 Å². The van der Waals surface area contributed by atoms with E-state index in [-0.39, 0.29) is 18.5 Å². The molecule has 26 heavy (non-hydrogen) atoms. The van der Waals surface area contributed by atoms with Crippen LogP contribution in [0.3, 0.4) is 0 Å². The molecule has 0 atom stereocenters. The van der Waals surface area contributed by atoms with Crippen LogP contribution < -0.4 is 10.2 Å². The van der Waals surface area contributed by atoms with E-state index in [0.29, 0.717) is 17.9 Å². The van der Waals surface area contributed by atoms with Crippen LogP contribution in [0.15, 0.2) is 53.6 Å². The summed E-state index contributed by atoms with van der Waals surface area (Å²) in [7, 11) is 0. The number of carbonyl (C=O) groups excluding carboxylic acids is 2. The van der Waals surface area contributed by atoms with Crippen molar-refractivity contribution in [2.45, 2.75) is 20.3 Å². The summed E-state index contributed by atoms with van der Waals surface area (Å²) < 4.78 is 10.4. The van der Waals surface area contributed by atoms with Gasteiger partial charge in [0, 0.05) is 0 Å². The Morgan fingerprint density at radius 2 is 1.85 bits per heavy atom. The van der Waals surface area contributed by atoms with Crippen molar-refractivity contribution in [3.63, 3.8) is 0 Å². The fourth-order valence-corrected chi connectivity index (χ4v) is 2.05. The number of carbonyl (C=O) groups is 2. The van der Waals surface area contributed by atoms with Gasteiger partial charge in [-0.05, 0) is 48.7 Å². The number of aryl methyl sites for hydroxylation is 1. The molecule has 0 saturated carbocycles. The summed E-state index contributed by atoms with van der Waals surface area (Å²) in [5, 5.41) is 3.91. The molecular formula is C20H22N2O4. The minimum absolute atomic E-state index is 0.176. The van der Waals surface area contributed by atoms with Crippen LogP contribution in [-0.4, -0.2) is 31.3 Å².